The van der Waals surface area contributed by atoms with Crippen LogP contribution in [0.3, 0.4) is 0 Å². The van der Waals surface area contributed by atoms with Crippen LogP contribution >= 0.6 is 31.9 Å². The zero-order valence-electron chi connectivity index (χ0n) is 12.0. The van der Waals surface area contributed by atoms with Gasteiger partial charge >= 0.3 is 0 Å². The summed E-state index contributed by atoms with van der Waals surface area (Å²) in [5.41, 5.74) is 0.722. The number of piperidine rings is 1. The van der Waals surface area contributed by atoms with Gasteiger partial charge in [-0.1, -0.05) is 29.8 Å². The summed E-state index contributed by atoms with van der Waals surface area (Å²) in [6.45, 7) is 6.01. The van der Waals surface area contributed by atoms with Crippen LogP contribution in [0.1, 0.15) is 30.8 Å². The number of nitrogens with zero attached hydrogens (tertiary/aromatic N) is 1. The summed E-state index contributed by atoms with van der Waals surface area (Å²) < 4.78 is 7.59. The molecule has 2 atom stereocenters. The van der Waals surface area contributed by atoms with Crippen molar-refractivity contribution in [2.45, 2.75) is 20.3 Å². The van der Waals surface area contributed by atoms with Gasteiger partial charge in [0, 0.05) is 22.9 Å². The smallest absolute Gasteiger partial charge is 0.289 e. The van der Waals surface area contributed by atoms with E-state index in [4.69, 9.17) is 4.42 Å². The van der Waals surface area contributed by atoms with Crippen molar-refractivity contribution in [2.75, 3.05) is 13.1 Å². The SMILES string of the molecule is C[C@@H]1C[C@H](C)CN(C(=O)c2cc3cc(Br)cc(Br)c3o2)C1. The number of benzene rings is 1. The van der Waals surface area contributed by atoms with Crippen molar-refractivity contribution < 1.29 is 9.21 Å². The summed E-state index contributed by atoms with van der Waals surface area (Å²) in [6, 6.07) is 5.71. The number of halogens is 2. The minimum atomic E-state index is -0.00683. The van der Waals surface area contributed by atoms with E-state index in [1.165, 1.54) is 6.42 Å². The van der Waals surface area contributed by atoms with E-state index in [0.717, 1.165) is 33.0 Å². The van der Waals surface area contributed by atoms with Crippen LogP contribution in [0.25, 0.3) is 11.0 Å². The van der Waals surface area contributed by atoms with E-state index in [9.17, 15) is 4.79 Å². The lowest BCUT2D eigenvalue weighted by molar-refractivity contribution is 0.0594. The Balaban J connectivity index is 1.93. The molecule has 1 amide bonds. The van der Waals surface area contributed by atoms with Crippen LogP contribution in [-0.2, 0) is 0 Å². The molecule has 0 radical (unpaired) electrons. The van der Waals surface area contributed by atoms with E-state index in [2.05, 4.69) is 45.7 Å². The van der Waals surface area contributed by atoms with Crippen LogP contribution in [-0.4, -0.2) is 23.9 Å². The summed E-state index contributed by atoms with van der Waals surface area (Å²) in [7, 11) is 0. The molecule has 112 valence electrons. The number of rotatable bonds is 1. The first-order chi connectivity index (χ1) is 9.94. The highest BCUT2D eigenvalue weighted by Gasteiger charge is 2.28. The summed E-state index contributed by atoms with van der Waals surface area (Å²) in [4.78, 5) is 14.6. The first kappa shape index (κ1) is 15.1. The first-order valence-corrected chi connectivity index (χ1v) is 8.70. The molecule has 2 aromatic rings. The van der Waals surface area contributed by atoms with Gasteiger partial charge in [-0.25, -0.2) is 0 Å². The van der Waals surface area contributed by atoms with E-state index >= 15 is 0 Å². The van der Waals surface area contributed by atoms with E-state index in [-0.39, 0.29) is 5.91 Å². The highest BCUT2D eigenvalue weighted by atomic mass is 79.9. The Labute approximate surface area is 140 Å². The Bertz CT molecular complexity index is 685. The molecule has 1 saturated heterocycles. The average molecular weight is 415 g/mol. The van der Waals surface area contributed by atoms with E-state index in [0.29, 0.717) is 17.6 Å². The summed E-state index contributed by atoms with van der Waals surface area (Å²) >= 11 is 6.93. The molecule has 0 saturated carbocycles. The van der Waals surface area contributed by atoms with E-state index in [1.807, 2.05) is 23.1 Å². The van der Waals surface area contributed by atoms with Crippen molar-refractivity contribution in [1.82, 2.24) is 4.90 Å². The predicted molar refractivity (Wildman–Crippen MR) is 90.5 cm³/mol. The summed E-state index contributed by atoms with van der Waals surface area (Å²) in [5.74, 6) is 1.50. The molecular formula is C16H17Br2NO2. The van der Waals surface area contributed by atoms with Crippen molar-refractivity contribution in [3.8, 4) is 0 Å². The Hall–Kier alpha value is -0.810. The lowest BCUT2D eigenvalue weighted by atomic mass is 9.92. The molecule has 5 heteroatoms. The second-order valence-electron chi connectivity index (χ2n) is 6.07. The standard InChI is InChI=1S/C16H17Br2NO2/c1-9-3-10(2)8-19(7-9)16(20)14-5-11-4-12(17)6-13(18)15(11)21-14/h4-6,9-10H,3,7-8H2,1-2H3/t9-,10+. The average Bonchev–Trinajstić information content (AvgIpc) is 2.80. The molecule has 0 N–H and O–H groups in total. The predicted octanol–water partition coefficient (Wildman–Crippen LogP) is 5.08. The van der Waals surface area contributed by atoms with Gasteiger partial charge in [0.25, 0.3) is 5.91 Å². The third kappa shape index (κ3) is 3.04. The number of fused-ring (bicyclic) bond motifs is 1. The zero-order chi connectivity index (χ0) is 15.1. The zero-order valence-corrected chi connectivity index (χ0v) is 15.2. The molecule has 1 aliphatic rings. The largest absolute Gasteiger partial charge is 0.450 e. The molecule has 21 heavy (non-hydrogen) atoms. The van der Waals surface area contributed by atoms with Gasteiger partial charge < -0.3 is 9.32 Å². The van der Waals surface area contributed by atoms with Gasteiger partial charge in [0.15, 0.2) is 5.76 Å². The maximum absolute atomic E-state index is 12.7. The third-order valence-corrected chi connectivity index (χ3v) is 4.95. The Morgan fingerprint density at radius 1 is 1.19 bits per heavy atom. The number of likely N-dealkylation sites (tertiary alicyclic amines) is 1. The molecule has 3 nitrogen and oxygen atoms in total. The van der Waals surface area contributed by atoms with Gasteiger partial charge in [-0.3, -0.25) is 4.79 Å². The van der Waals surface area contributed by atoms with Crippen LogP contribution in [0, 0.1) is 11.8 Å². The van der Waals surface area contributed by atoms with Gasteiger partial charge in [-0.2, -0.15) is 0 Å². The molecule has 0 bridgehead atoms. The monoisotopic (exact) mass is 413 g/mol. The van der Waals surface area contributed by atoms with Crippen molar-refractivity contribution in [3.63, 3.8) is 0 Å². The van der Waals surface area contributed by atoms with Crippen LogP contribution in [0.5, 0.6) is 0 Å². The minimum Gasteiger partial charge on any atom is -0.450 e. The number of hydrogen-bond donors (Lipinski definition) is 0. The normalized spacial score (nSPS) is 22.8. The van der Waals surface area contributed by atoms with Crippen molar-refractivity contribution in [1.29, 1.82) is 0 Å². The maximum Gasteiger partial charge on any atom is 0.289 e. The fourth-order valence-corrected chi connectivity index (χ4v) is 4.51. The quantitative estimate of drug-likeness (QED) is 0.652. The van der Waals surface area contributed by atoms with Crippen molar-refractivity contribution in [3.05, 3.63) is 32.9 Å². The summed E-state index contributed by atoms with van der Waals surface area (Å²) in [6.07, 6.45) is 1.18. The maximum atomic E-state index is 12.7. The van der Waals surface area contributed by atoms with Crippen LogP contribution in [0.4, 0.5) is 0 Å². The topological polar surface area (TPSA) is 33.5 Å². The summed E-state index contributed by atoms with van der Waals surface area (Å²) in [5, 5.41) is 0.928. The van der Waals surface area contributed by atoms with Gasteiger partial charge in [-0.15, -0.1) is 0 Å². The Morgan fingerprint density at radius 2 is 1.86 bits per heavy atom. The number of hydrogen-bond acceptors (Lipinski definition) is 2. The molecule has 1 aromatic carbocycles. The molecule has 0 spiro atoms. The van der Waals surface area contributed by atoms with Gasteiger partial charge in [0.1, 0.15) is 5.58 Å². The molecule has 1 aliphatic heterocycles. The number of carbonyl (C=O) groups is 1. The fraction of sp³-hybridized carbons (Fsp3) is 0.438. The number of amides is 1. The molecule has 0 unspecified atom stereocenters. The van der Waals surface area contributed by atoms with E-state index < -0.39 is 0 Å². The highest BCUT2D eigenvalue weighted by molar-refractivity contribution is 9.11. The highest BCUT2D eigenvalue weighted by Crippen LogP contribution is 2.32. The Morgan fingerprint density at radius 3 is 2.52 bits per heavy atom. The molecule has 1 aromatic heterocycles. The van der Waals surface area contributed by atoms with Gasteiger partial charge in [0.05, 0.1) is 4.47 Å². The second-order valence-corrected chi connectivity index (χ2v) is 7.84. The first-order valence-electron chi connectivity index (χ1n) is 7.12. The van der Waals surface area contributed by atoms with Gasteiger partial charge in [0.2, 0.25) is 0 Å². The molecule has 2 heterocycles. The lowest BCUT2D eigenvalue weighted by Crippen LogP contribution is -2.42. The lowest BCUT2D eigenvalue weighted by Gasteiger charge is -2.34. The second kappa shape index (κ2) is 5.76. The molecule has 0 aliphatic carbocycles. The van der Waals surface area contributed by atoms with Crippen LogP contribution in [0.15, 0.2) is 31.6 Å². The number of carbonyl (C=O) groups excluding carboxylic acids is 1. The van der Waals surface area contributed by atoms with Crippen LogP contribution in [0.2, 0.25) is 0 Å². The Kier molecular flexibility index (Phi) is 4.14. The van der Waals surface area contributed by atoms with E-state index in [1.54, 1.807) is 0 Å². The van der Waals surface area contributed by atoms with Crippen molar-refractivity contribution in [2.24, 2.45) is 11.8 Å². The molecule has 1 fully saturated rings. The fourth-order valence-electron chi connectivity index (χ4n) is 3.17. The minimum absolute atomic E-state index is 0.00683. The van der Waals surface area contributed by atoms with Gasteiger partial charge in [-0.05, 0) is 52.4 Å². The third-order valence-electron chi connectivity index (χ3n) is 3.90. The van der Waals surface area contributed by atoms with Crippen molar-refractivity contribution >= 4 is 48.7 Å². The molecular weight excluding hydrogens is 398 g/mol. The molecule has 3 rings (SSSR count). The number of furan rings is 1. The van der Waals surface area contributed by atoms with Crippen LogP contribution < -0.4 is 0 Å².